The second kappa shape index (κ2) is 9.11. The number of fused-ring (bicyclic) bond motifs is 1. The minimum atomic E-state index is -5.41. The van der Waals surface area contributed by atoms with Crippen LogP contribution in [0, 0.1) is 0 Å². The van der Waals surface area contributed by atoms with Gasteiger partial charge in [-0.05, 0) is 0 Å². The van der Waals surface area contributed by atoms with Crippen LogP contribution in [0.4, 0.5) is 4.79 Å². The van der Waals surface area contributed by atoms with Crippen molar-refractivity contribution in [1.29, 1.82) is 0 Å². The molecule has 2 rings (SSSR count). The van der Waals surface area contributed by atoms with Crippen LogP contribution in [0.3, 0.4) is 0 Å². The van der Waals surface area contributed by atoms with Crippen LogP contribution in [-0.4, -0.2) is 89.4 Å². The summed E-state index contributed by atoms with van der Waals surface area (Å²) in [5.41, 5.74) is 2.18. The minimum Gasteiger partial charge on any atom is -0.477 e. The van der Waals surface area contributed by atoms with Crippen molar-refractivity contribution in [3.63, 3.8) is 0 Å². The van der Waals surface area contributed by atoms with E-state index in [4.69, 9.17) is 30.0 Å². The van der Waals surface area contributed by atoms with Crippen molar-refractivity contribution in [2.45, 2.75) is 22.9 Å². The lowest BCUT2D eigenvalue weighted by atomic mass is 9.98. The first-order valence-electron chi connectivity index (χ1n) is 8.35. The Hall–Kier alpha value is -1.97. The van der Waals surface area contributed by atoms with Crippen molar-refractivity contribution < 1.29 is 62.5 Å². The summed E-state index contributed by atoms with van der Waals surface area (Å²) in [6, 6.07) is 0. The number of aliphatic carboxylic acids is 1. The average Bonchev–Trinajstić information content (AvgIpc) is 2.65. The summed E-state index contributed by atoms with van der Waals surface area (Å²) in [4.78, 5) is 85.0. The van der Waals surface area contributed by atoms with Gasteiger partial charge in [0, 0.05) is 18.4 Å². The molecule has 0 aromatic carbocycles. The highest BCUT2D eigenvalue weighted by Crippen LogP contribution is 2.61. The van der Waals surface area contributed by atoms with Crippen molar-refractivity contribution in [3.8, 4) is 0 Å². The van der Waals surface area contributed by atoms with Gasteiger partial charge in [-0.2, -0.15) is 0 Å². The fourth-order valence-electron chi connectivity index (χ4n) is 3.07. The lowest BCUT2D eigenvalue weighted by molar-refractivity contribution is -0.192. The molecule has 1 saturated heterocycles. The molecule has 1 fully saturated rings. The molecule has 3 amide bonds. The maximum absolute atomic E-state index is 12.8. The molecular weight excluding hydrogens is 500 g/mol. The number of carboxylic acid groups (broad SMARTS) is 1. The lowest BCUT2D eigenvalue weighted by Gasteiger charge is -2.55. The van der Waals surface area contributed by atoms with Gasteiger partial charge in [0.2, 0.25) is 5.91 Å². The molecule has 19 heteroatoms. The molecule has 2 aliphatic heterocycles. The summed E-state index contributed by atoms with van der Waals surface area (Å²) in [6.07, 6.45) is -2.52. The Morgan fingerprint density at radius 3 is 2.28 bits per heavy atom. The Labute approximate surface area is 183 Å². The molecule has 0 radical (unpaired) electrons. The van der Waals surface area contributed by atoms with Gasteiger partial charge in [0.1, 0.15) is 17.7 Å². The predicted octanol–water partition coefficient (Wildman–Crippen LogP) is -2.13. The highest BCUT2D eigenvalue weighted by molar-refractivity contribution is 8.00. The van der Waals surface area contributed by atoms with Crippen molar-refractivity contribution in [3.05, 3.63) is 11.3 Å². The summed E-state index contributed by atoms with van der Waals surface area (Å²) in [5.74, 6) is -4.05. The van der Waals surface area contributed by atoms with Crippen LogP contribution >= 0.6 is 27.0 Å². The predicted molar refractivity (Wildman–Crippen MR) is 104 cm³/mol. The highest BCUT2D eigenvalue weighted by Gasteiger charge is 2.67. The molecule has 0 aromatic heterocycles. The van der Waals surface area contributed by atoms with Crippen LogP contribution in [-0.2, 0) is 33.0 Å². The van der Waals surface area contributed by atoms with E-state index in [9.17, 15) is 33.4 Å². The monoisotopic (exact) mass is 519 g/mol. The standard InChI is InChI=1S/C13H19N3O13P2S/c1-28-13(15-6(17)2-7(30(22,23)24)31(25,26)27)10(20)16-8(9(18)19)5(3-29-12(14)21)4-32-11(13)16/h7,11H,2-4H2,1H3,(H2,14,21)(H,15,17)(H,18,19)(H2,22,23,24)(H2,25,26,27)/t11-,13-/m0/s1. The third kappa shape index (κ3) is 5.00. The van der Waals surface area contributed by atoms with E-state index in [-0.39, 0.29) is 11.3 Å². The number of nitrogens with zero attached hydrogens (tertiary/aromatic N) is 1. The van der Waals surface area contributed by atoms with Crippen LogP contribution in [0.1, 0.15) is 6.42 Å². The van der Waals surface area contributed by atoms with Gasteiger partial charge in [-0.1, -0.05) is 0 Å². The van der Waals surface area contributed by atoms with E-state index in [0.717, 1.165) is 23.8 Å². The lowest BCUT2D eigenvalue weighted by Crippen LogP contribution is -2.80. The van der Waals surface area contributed by atoms with Crippen molar-refractivity contribution in [2.24, 2.45) is 5.73 Å². The van der Waals surface area contributed by atoms with Gasteiger partial charge >= 0.3 is 27.3 Å². The van der Waals surface area contributed by atoms with E-state index in [2.05, 4.69) is 4.74 Å². The van der Waals surface area contributed by atoms with E-state index in [1.165, 1.54) is 0 Å². The first kappa shape index (κ1) is 26.3. The number of carbonyl (C=O) groups excluding carboxylic acids is 3. The van der Waals surface area contributed by atoms with E-state index < -0.39 is 74.3 Å². The molecule has 0 aromatic rings. The molecule has 2 heterocycles. The molecule has 8 N–H and O–H groups in total. The molecule has 0 spiro atoms. The van der Waals surface area contributed by atoms with Gasteiger partial charge in [0.05, 0.1) is 6.42 Å². The van der Waals surface area contributed by atoms with Gasteiger partial charge in [-0.3, -0.25) is 23.6 Å². The number of nitrogens with two attached hydrogens (primary N) is 1. The molecule has 2 aliphatic rings. The topological polar surface area (TPSA) is 263 Å². The van der Waals surface area contributed by atoms with Crippen LogP contribution in [0.2, 0.25) is 0 Å². The van der Waals surface area contributed by atoms with Gasteiger partial charge in [0.25, 0.3) is 11.6 Å². The number of methoxy groups -OCH3 is 1. The Balaban J connectivity index is 2.29. The van der Waals surface area contributed by atoms with Crippen molar-refractivity contribution in [1.82, 2.24) is 10.2 Å². The zero-order valence-corrected chi connectivity index (χ0v) is 18.7. The highest BCUT2D eigenvalue weighted by atomic mass is 32.2. The fraction of sp³-hybridized carbons (Fsp3) is 0.538. The number of nitrogens with one attached hydrogen (secondary N) is 1. The van der Waals surface area contributed by atoms with Crippen LogP contribution in [0.15, 0.2) is 11.3 Å². The summed E-state index contributed by atoms with van der Waals surface area (Å²) in [7, 11) is -9.82. The van der Waals surface area contributed by atoms with Gasteiger partial charge in [-0.15, -0.1) is 11.8 Å². The van der Waals surface area contributed by atoms with Gasteiger partial charge < -0.3 is 45.2 Å². The number of thioether (sulfide) groups is 1. The summed E-state index contributed by atoms with van der Waals surface area (Å²) < 4.78 is 32.4. The maximum Gasteiger partial charge on any atom is 0.404 e. The summed E-state index contributed by atoms with van der Waals surface area (Å²) in [6.45, 7) is -0.515. The van der Waals surface area contributed by atoms with Crippen LogP contribution in [0.25, 0.3) is 0 Å². The van der Waals surface area contributed by atoms with E-state index in [0.29, 0.717) is 0 Å². The third-order valence-electron chi connectivity index (χ3n) is 4.49. The Kier molecular flexibility index (Phi) is 7.48. The number of carbonyl (C=O) groups is 4. The number of primary amides is 1. The zero-order valence-electron chi connectivity index (χ0n) is 16.1. The summed E-state index contributed by atoms with van der Waals surface area (Å²) >= 11 is 0.906. The fourth-order valence-corrected chi connectivity index (χ4v) is 6.87. The Morgan fingerprint density at radius 1 is 1.28 bits per heavy atom. The largest absolute Gasteiger partial charge is 0.477 e. The van der Waals surface area contributed by atoms with Gasteiger partial charge in [-0.25, -0.2) is 9.59 Å². The van der Waals surface area contributed by atoms with Gasteiger partial charge in [0.15, 0.2) is 5.40 Å². The number of amides is 3. The van der Waals surface area contributed by atoms with E-state index >= 15 is 0 Å². The molecule has 0 aliphatic carbocycles. The van der Waals surface area contributed by atoms with E-state index in [1.807, 2.05) is 5.32 Å². The first-order valence-corrected chi connectivity index (χ1v) is 12.8. The molecular formula is C13H19N3O13P2S. The Morgan fingerprint density at radius 2 is 1.84 bits per heavy atom. The Bertz CT molecular complexity index is 952. The number of hydrogen-bond acceptors (Lipinski definition) is 9. The molecule has 32 heavy (non-hydrogen) atoms. The third-order valence-corrected chi connectivity index (χ3v) is 9.59. The number of ether oxygens (including phenoxy) is 2. The second-order valence-corrected chi connectivity index (χ2v) is 11.6. The maximum atomic E-state index is 12.8. The molecule has 0 unspecified atom stereocenters. The van der Waals surface area contributed by atoms with Crippen LogP contribution < -0.4 is 11.1 Å². The SMILES string of the molecule is CO[C@@]1(NC(=O)CC(P(=O)(O)O)P(=O)(O)O)C(=O)N2C(C(=O)O)=C(COC(N)=O)CS[C@H]21. The van der Waals surface area contributed by atoms with Crippen molar-refractivity contribution >= 4 is 50.8 Å². The number of β-lactam (4-membered cyclic amide) rings is 1. The minimum absolute atomic E-state index is 0.0324. The molecule has 16 nitrogen and oxygen atoms in total. The number of hydrogen-bond donors (Lipinski definition) is 7. The zero-order chi connectivity index (χ0) is 24.6. The number of carboxylic acids is 1. The summed E-state index contributed by atoms with van der Waals surface area (Å²) in [5, 5.41) is 7.74. The first-order chi connectivity index (χ1) is 14.6. The van der Waals surface area contributed by atoms with Crippen LogP contribution in [0.5, 0.6) is 0 Å². The van der Waals surface area contributed by atoms with Crippen molar-refractivity contribution in [2.75, 3.05) is 19.5 Å². The molecule has 180 valence electrons. The molecule has 2 atom stereocenters. The molecule has 0 bridgehead atoms. The average molecular weight is 519 g/mol. The molecule has 0 saturated carbocycles. The number of rotatable bonds is 9. The smallest absolute Gasteiger partial charge is 0.404 e. The second-order valence-electron chi connectivity index (χ2n) is 6.55. The van der Waals surface area contributed by atoms with E-state index in [1.54, 1.807) is 0 Å². The quantitative estimate of drug-likeness (QED) is 0.0974. The normalized spacial score (nSPS) is 23.5.